The summed E-state index contributed by atoms with van der Waals surface area (Å²) in [7, 11) is -2.45. The highest BCUT2D eigenvalue weighted by molar-refractivity contribution is 7.89. The number of nitrogens with zero attached hydrogens (tertiary/aromatic N) is 1. The molecule has 1 aromatic rings. The van der Waals surface area contributed by atoms with E-state index in [0.29, 0.717) is 12.0 Å². The number of rotatable bonds is 4. The van der Waals surface area contributed by atoms with E-state index >= 15 is 0 Å². The molecule has 19 heavy (non-hydrogen) atoms. The standard InChI is InChI=1S/C13H21FN2O2S/c1-6-13(3,4)16(5)19(17,18)12-8-11(15)9(2)7-10(12)14/h7-8H,6,15H2,1-5H3. The number of nitrogen functional groups attached to an aromatic ring is 1. The Balaban J connectivity index is 3.40. The normalized spacial score (nSPS) is 13.0. The number of anilines is 1. The number of hydrogen-bond acceptors (Lipinski definition) is 3. The van der Waals surface area contributed by atoms with Gasteiger partial charge in [-0.3, -0.25) is 0 Å². The highest BCUT2D eigenvalue weighted by Crippen LogP contribution is 2.29. The Labute approximate surface area is 114 Å². The lowest BCUT2D eigenvalue weighted by atomic mass is 10.0. The summed E-state index contributed by atoms with van der Waals surface area (Å²) in [5, 5.41) is 0. The van der Waals surface area contributed by atoms with Gasteiger partial charge in [-0.25, -0.2) is 12.8 Å². The Morgan fingerprint density at radius 3 is 2.37 bits per heavy atom. The molecule has 0 aliphatic rings. The van der Waals surface area contributed by atoms with Crippen molar-refractivity contribution in [1.29, 1.82) is 0 Å². The molecule has 2 N–H and O–H groups in total. The van der Waals surface area contributed by atoms with Crippen LogP contribution in [0.3, 0.4) is 0 Å². The lowest BCUT2D eigenvalue weighted by molar-refractivity contribution is 0.256. The quantitative estimate of drug-likeness (QED) is 0.866. The predicted octanol–water partition coefficient (Wildman–Crippen LogP) is 2.53. The fourth-order valence-corrected chi connectivity index (χ4v) is 3.22. The lowest BCUT2D eigenvalue weighted by Crippen LogP contribution is -2.44. The first-order valence-corrected chi connectivity index (χ1v) is 7.52. The summed E-state index contributed by atoms with van der Waals surface area (Å²) < 4.78 is 40.0. The van der Waals surface area contributed by atoms with E-state index in [0.717, 1.165) is 6.07 Å². The van der Waals surface area contributed by atoms with E-state index in [2.05, 4.69) is 0 Å². The van der Waals surface area contributed by atoms with E-state index in [1.807, 2.05) is 6.92 Å². The van der Waals surface area contributed by atoms with E-state index in [-0.39, 0.29) is 10.6 Å². The van der Waals surface area contributed by atoms with Gasteiger partial charge in [-0.2, -0.15) is 4.31 Å². The summed E-state index contributed by atoms with van der Waals surface area (Å²) in [6.07, 6.45) is 0.617. The minimum Gasteiger partial charge on any atom is -0.398 e. The number of halogens is 1. The van der Waals surface area contributed by atoms with Crippen LogP contribution in [0, 0.1) is 12.7 Å². The molecule has 0 amide bonds. The average molecular weight is 288 g/mol. The Morgan fingerprint density at radius 2 is 1.89 bits per heavy atom. The molecule has 6 heteroatoms. The molecule has 0 unspecified atom stereocenters. The van der Waals surface area contributed by atoms with Crippen molar-refractivity contribution >= 4 is 15.7 Å². The zero-order valence-corrected chi connectivity index (χ0v) is 12.8. The van der Waals surface area contributed by atoms with E-state index < -0.39 is 21.4 Å². The molecule has 0 heterocycles. The molecule has 0 aliphatic heterocycles. The maximum atomic E-state index is 13.9. The van der Waals surface area contributed by atoms with Gasteiger partial charge in [-0.05, 0) is 44.9 Å². The SMILES string of the molecule is CCC(C)(C)N(C)S(=O)(=O)c1cc(N)c(C)cc1F. The molecule has 0 saturated carbocycles. The van der Waals surface area contributed by atoms with Crippen LogP contribution >= 0.6 is 0 Å². The van der Waals surface area contributed by atoms with Gasteiger partial charge in [-0.15, -0.1) is 0 Å². The van der Waals surface area contributed by atoms with Crippen LogP contribution < -0.4 is 5.73 Å². The van der Waals surface area contributed by atoms with Crippen molar-refractivity contribution in [2.24, 2.45) is 0 Å². The minimum absolute atomic E-state index is 0.266. The van der Waals surface area contributed by atoms with Crippen LogP contribution in [-0.2, 0) is 10.0 Å². The molecule has 0 aliphatic carbocycles. The highest BCUT2D eigenvalue weighted by atomic mass is 32.2. The van der Waals surface area contributed by atoms with Crippen molar-refractivity contribution in [2.75, 3.05) is 12.8 Å². The molecule has 108 valence electrons. The Morgan fingerprint density at radius 1 is 1.37 bits per heavy atom. The molecule has 0 fully saturated rings. The molecular formula is C13H21FN2O2S. The average Bonchev–Trinajstić information content (AvgIpc) is 2.32. The minimum atomic E-state index is -3.90. The Kier molecular flexibility index (Phi) is 4.27. The number of sulfonamides is 1. The van der Waals surface area contributed by atoms with Gasteiger partial charge in [0.25, 0.3) is 0 Å². The van der Waals surface area contributed by atoms with Crippen molar-refractivity contribution in [3.05, 3.63) is 23.5 Å². The number of nitrogens with two attached hydrogens (primary N) is 1. The van der Waals surface area contributed by atoms with Gasteiger partial charge in [0.15, 0.2) is 0 Å². The smallest absolute Gasteiger partial charge is 0.246 e. The van der Waals surface area contributed by atoms with E-state index in [1.165, 1.54) is 17.4 Å². The third-order valence-electron chi connectivity index (χ3n) is 3.68. The van der Waals surface area contributed by atoms with Gasteiger partial charge in [-0.1, -0.05) is 6.92 Å². The van der Waals surface area contributed by atoms with E-state index in [9.17, 15) is 12.8 Å². The monoisotopic (exact) mass is 288 g/mol. The van der Waals surface area contributed by atoms with E-state index in [4.69, 9.17) is 5.73 Å². The van der Waals surface area contributed by atoms with Crippen molar-refractivity contribution in [3.8, 4) is 0 Å². The zero-order valence-electron chi connectivity index (χ0n) is 12.0. The molecular weight excluding hydrogens is 267 g/mol. The predicted molar refractivity (Wildman–Crippen MR) is 74.9 cm³/mol. The van der Waals surface area contributed by atoms with Crippen LogP contribution in [-0.4, -0.2) is 25.3 Å². The Hall–Kier alpha value is -1.14. The third-order valence-corrected chi connectivity index (χ3v) is 5.76. The van der Waals surface area contributed by atoms with Crippen molar-refractivity contribution < 1.29 is 12.8 Å². The molecule has 0 bridgehead atoms. The maximum Gasteiger partial charge on any atom is 0.246 e. The van der Waals surface area contributed by atoms with Crippen LogP contribution in [0.5, 0.6) is 0 Å². The molecule has 0 atom stereocenters. The van der Waals surface area contributed by atoms with Crippen LogP contribution in [0.1, 0.15) is 32.8 Å². The van der Waals surface area contributed by atoms with Crippen molar-refractivity contribution in [1.82, 2.24) is 4.31 Å². The van der Waals surface area contributed by atoms with Crippen molar-refractivity contribution in [3.63, 3.8) is 0 Å². The maximum absolute atomic E-state index is 13.9. The van der Waals surface area contributed by atoms with Gasteiger partial charge in [0.05, 0.1) is 0 Å². The fourth-order valence-electron chi connectivity index (χ4n) is 1.56. The second-order valence-corrected chi connectivity index (χ2v) is 7.22. The van der Waals surface area contributed by atoms with Crippen LogP contribution in [0.4, 0.5) is 10.1 Å². The van der Waals surface area contributed by atoms with Gasteiger partial charge in [0.1, 0.15) is 10.7 Å². The Bertz CT molecular complexity index is 583. The molecule has 0 spiro atoms. The zero-order chi connectivity index (χ0) is 15.0. The summed E-state index contributed by atoms with van der Waals surface area (Å²) in [5.74, 6) is -0.773. The molecule has 0 radical (unpaired) electrons. The summed E-state index contributed by atoms with van der Waals surface area (Å²) in [6, 6.07) is 2.33. The van der Waals surface area contributed by atoms with Gasteiger partial charge >= 0.3 is 0 Å². The number of benzene rings is 1. The third kappa shape index (κ3) is 2.90. The van der Waals surface area contributed by atoms with Gasteiger partial charge in [0.2, 0.25) is 10.0 Å². The van der Waals surface area contributed by atoms with Crippen LogP contribution in [0.2, 0.25) is 0 Å². The lowest BCUT2D eigenvalue weighted by Gasteiger charge is -2.33. The largest absolute Gasteiger partial charge is 0.398 e. The highest BCUT2D eigenvalue weighted by Gasteiger charge is 2.34. The second kappa shape index (κ2) is 5.09. The molecule has 0 aromatic heterocycles. The van der Waals surface area contributed by atoms with E-state index in [1.54, 1.807) is 20.8 Å². The molecule has 4 nitrogen and oxygen atoms in total. The van der Waals surface area contributed by atoms with Gasteiger partial charge < -0.3 is 5.73 Å². The van der Waals surface area contributed by atoms with Gasteiger partial charge in [0, 0.05) is 18.3 Å². The molecule has 0 saturated heterocycles. The van der Waals surface area contributed by atoms with Crippen LogP contribution in [0.25, 0.3) is 0 Å². The summed E-state index contributed by atoms with van der Waals surface area (Å²) in [6.45, 7) is 7.10. The number of aryl methyl sites for hydroxylation is 1. The number of hydrogen-bond donors (Lipinski definition) is 1. The molecule has 1 aromatic carbocycles. The molecule has 1 rings (SSSR count). The topological polar surface area (TPSA) is 63.4 Å². The first kappa shape index (κ1) is 15.9. The van der Waals surface area contributed by atoms with Crippen LogP contribution in [0.15, 0.2) is 17.0 Å². The first-order valence-electron chi connectivity index (χ1n) is 6.08. The fraction of sp³-hybridized carbons (Fsp3) is 0.538. The summed E-state index contributed by atoms with van der Waals surface area (Å²) in [5.41, 5.74) is 5.87. The first-order chi connectivity index (χ1) is 8.54. The van der Waals surface area contributed by atoms with Crippen molar-refractivity contribution in [2.45, 2.75) is 44.6 Å². The second-order valence-electron chi connectivity index (χ2n) is 5.28. The summed E-state index contributed by atoms with van der Waals surface area (Å²) in [4.78, 5) is -0.375. The summed E-state index contributed by atoms with van der Waals surface area (Å²) >= 11 is 0.